The summed E-state index contributed by atoms with van der Waals surface area (Å²) in [5, 5.41) is 12.2. The number of aromatic nitrogens is 1. The lowest BCUT2D eigenvalue weighted by atomic mass is 9.66. The smallest absolute Gasteiger partial charge is 0.311 e. The Morgan fingerprint density at radius 1 is 1.07 bits per heavy atom. The van der Waals surface area contributed by atoms with Crippen molar-refractivity contribution >= 4 is 17.9 Å². The molecular formula is C30H40N2O8. The Bertz CT molecular complexity index is 1260. The Kier molecular flexibility index (Phi) is 6.85. The topological polar surface area (TPSA) is 124 Å². The molecule has 4 heterocycles. The molecule has 0 aromatic carbocycles. The van der Waals surface area contributed by atoms with Crippen LogP contribution < -0.4 is 5.56 Å². The van der Waals surface area contributed by atoms with Crippen LogP contribution in [0.25, 0.3) is 0 Å². The zero-order valence-corrected chi connectivity index (χ0v) is 23.7. The maximum absolute atomic E-state index is 13.4. The molecule has 40 heavy (non-hydrogen) atoms. The quantitative estimate of drug-likeness (QED) is 0.436. The maximum atomic E-state index is 13.4. The first-order chi connectivity index (χ1) is 19.0. The van der Waals surface area contributed by atoms with E-state index in [2.05, 4.69) is 4.90 Å². The number of ether oxygens (including phenoxy) is 3. The number of hydrogen-bond donors (Lipinski definition) is 1. The summed E-state index contributed by atoms with van der Waals surface area (Å²) in [7, 11) is 0. The van der Waals surface area contributed by atoms with Gasteiger partial charge >= 0.3 is 17.9 Å². The lowest BCUT2D eigenvalue weighted by Crippen LogP contribution is -2.53. The predicted molar refractivity (Wildman–Crippen MR) is 142 cm³/mol. The van der Waals surface area contributed by atoms with Crippen molar-refractivity contribution in [1.29, 1.82) is 0 Å². The number of nitrogens with zero attached hydrogens (tertiary/aromatic N) is 2. The van der Waals surface area contributed by atoms with Crippen LogP contribution in [0, 0.1) is 35.0 Å². The minimum absolute atomic E-state index is 0.0345. The highest BCUT2D eigenvalue weighted by atomic mass is 16.6. The van der Waals surface area contributed by atoms with Crippen LogP contribution in [-0.2, 0) is 35.1 Å². The minimum atomic E-state index is -1.00. The van der Waals surface area contributed by atoms with Crippen LogP contribution in [0.2, 0.25) is 0 Å². The van der Waals surface area contributed by atoms with Crippen molar-refractivity contribution in [3.63, 3.8) is 0 Å². The number of carbonyl (C=O) groups is 3. The highest BCUT2D eigenvalue weighted by molar-refractivity contribution is 5.76. The van der Waals surface area contributed by atoms with Gasteiger partial charge in [-0.15, -0.1) is 0 Å². The van der Waals surface area contributed by atoms with Gasteiger partial charge in [0.25, 0.3) is 5.56 Å². The van der Waals surface area contributed by atoms with E-state index in [0.717, 1.165) is 25.2 Å². The molecule has 5 aliphatic rings. The zero-order valence-electron chi connectivity index (χ0n) is 23.7. The molecule has 3 aliphatic heterocycles. The van der Waals surface area contributed by atoms with Gasteiger partial charge in [-0.25, -0.2) is 0 Å². The molecule has 1 aromatic rings. The number of aliphatic hydroxyl groups is 1. The lowest BCUT2D eigenvalue weighted by Gasteiger charge is -2.45. The summed E-state index contributed by atoms with van der Waals surface area (Å²) >= 11 is 0. The SMILES string of the molecule is CC(=O)O[C@H]1C[C@H](OC(C)=O)[C@]2(C)[C@@H]1[C@H](C)C[C@@H]1OC(=O)[C@@H](CN3C[C@H]4C[C@@H](C3)c3cccc(=O)n3C4)[C@H]1[C@@H]2O. The molecule has 0 radical (unpaired) electrons. The molecule has 2 bridgehead atoms. The third-order valence-corrected chi connectivity index (χ3v) is 10.6. The summed E-state index contributed by atoms with van der Waals surface area (Å²) in [5.74, 6) is -1.96. The molecule has 10 nitrogen and oxygen atoms in total. The van der Waals surface area contributed by atoms with Gasteiger partial charge in [0.15, 0.2) is 0 Å². The van der Waals surface area contributed by atoms with E-state index in [1.807, 2.05) is 30.5 Å². The molecule has 11 atom stereocenters. The molecule has 6 rings (SSSR count). The first-order valence-corrected chi connectivity index (χ1v) is 14.6. The number of hydrogen-bond acceptors (Lipinski definition) is 9. The van der Waals surface area contributed by atoms with E-state index in [1.165, 1.54) is 13.8 Å². The first kappa shape index (κ1) is 27.4. The molecular weight excluding hydrogens is 516 g/mol. The second-order valence-corrected chi connectivity index (χ2v) is 13.1. The Balaban J connectivity index is 1.29. The second-order valence-electron chi connectivity index (χ2n) is 13.1. The fourth-order valence-corrected chi connectivity index (χ4v) is 9.21. The lowest BCUT2D eigenvalue weighted by molar-refractivity contribution is -0.165. The van der Waals surface area contributed by atoms with Crippen molar-refractivity contribution in [3.8, 4) is 0 Å². The molecule has 2 aliphatic carbocycles. The van der Waals surface area contributed by atoms with Crippen molar-refractivity contribution in [2.24, 2.45) is 35.0 Å². The number of pyridine rings is 1. The van der Waals surface area contributed by atoms with Crippen LogP contribution in [0.3, 0.4) is 0 Å². The van der Waals surface area contributed by atoms with E-state index < -0.39 is 53.6 Å². The van der Waals surface area contributed by atoms with Crippen LogP contribution in [0.5, 0.6) is 0 Å². The average molecular weight is 557 g/mol. The number of rotatable bonds is 4. The van der Waals surface area contributed by atoms with Crippen LogP contribution in [-0.4, -0.2) is 76.5 Å². The largest absolute Gasteiger partial charge is 0.462 e. The molecule has 0 spiro atoms. The van der Waals surface area contributed by atoms with Crippen molar-refractivity contribution in [3.05, 3.63) is 34.2 Å². The number of piperidine rings is 1. The highest BCUT2D eigenvalue weighted by Gasteiger charge is 2.67. The van der Waals surface area contributed by atoms with Gasteiger partial charge < -0.3 is 28.8 Å². The van der Waals surface area contributed by atoms with Gasteiger partial charge in [0.1, 0.15) is 18.3 Å². The number of carbonyl (C=O) groups excluding carboxylic acids is 3. The Labute approximate surface area is 233 Å². The second kappa shape index (κ2) is 9.98. The molecule has 0 amide bonds. The first-order valence-electron chi connectivity index (χ1n) is 14.6. The maximum Gasteiger partial charge on any atom is 0.311 e. The van der Waals surface area contributed by atoms with E-state index >= 15 is 0 Å². The molecule has 10 heteroatoms. The van der Waals surface area contributed by atoms with E-state index in [0.29, 0.717) is 31.8 Å². The van der Waals surface area contributed by atoms with E-state index in [1.54, 1.807) is 6.07 Å². The van der Waals surface area contributed by atoms with Gasteiger partial charge in [-0.05, 0) is 30.7 Å². The monoisotopic (exact) mass is 556 g/mol. The normalized spacial score (nSPS) is 42.2. The number of aliphatic hydroxyl groups excluding tert-OH is 1. The molecule has 0 unspecified atom stereocenters. The summed E-state index contributed by atoms with van der Waals surface area (Å²) in [6.45, 7) is 9.30. The fourth-order valence-electron chi connectivity index (χ4n) is 9.21. The number of likely N-dealkylation sites (tertiary alicyclic amines) is 1. The molecule has 2 saturated carbocycles. The molecule has 2 saturated heterocycles. The van der Waals surface area contributed by atoms with Gasteiger partial charge in [0.2, 0.25) is 0 Å². The highest BCUT2D eigenvalue weighted by Crippen LogP contribution is 2.59. The van der Waals surface area contributed by atoms with E-state index in [9.17, 15) is 24.3 Å². The van der Waals surface area contributed by atoms with Crippen LogP contribution in [0.15, 0.2) is 23.0 Å². The third-order valence-electron chi connectivity index (χ3n) is 10.6. The number of esters is 3. The standard InChI is InChI=1S/C30H40N2O8/c1-15-8-22-26(28(36)30(4)24(39-17(3)34)10-23(27(15)30)38-16(2)33)20(29(37)40-22)14-31-11-18-9-19(13-31)21-6-5-7-25(35)32(21)12-18/h5-7,15,18-20,22-24,26-28,36H,8-14H2,1-4H3/t15-,18-,19+,20+,22+,23+,24+,26-,27-,28+,30-/m1/s1. The van der Waals surface area contributed by atoms with E-state index in [-0.39, 0.29) is 29.3 Å². The van der Waals surface area contributed by atoms with Gasteiger partial charge in [0, 0.05) is 81.4 Å². The van der Waals surface area contributed by atoms with Gasteiger partial charge in [-0.3, -0.25) is 19.2 Å². The van der Waals surface area contributed by atoms with Crippen molar-refractivity contribution < 1.29 is 33.7 Å². The van der Waals surface area contributed by atoms with Gasteiger partial charge in [0.05, 0.1) is 12.0 Å². The summed E-state index contributed by atoms with van der Waals surface area (Å²) < 4.78 is 19.3. The minimum Gasteiger partial charge on any atom is -0.462 e. The van der Waals surface area contributed by atoms with Gasteiger partial charge in [-0.2, -0.15) is 0 Å². The van der Waals surface area contributed by atoms with E-state index in [4.69, 9.17) is 14.2 Å². The summed E-state index contributed by atoms with van der Waals surface area (Å²) in [4.78, 5) is 52.2. The van der Waals surface area contributed by atoms with Crippen LogP contribution in [0.1, 0.15) is 58.6 Å². The Morgan fingerprint density at radius 3 is 2.55 bits per heavy atom. The Morgan fingerprint density at radius 2 is 1.82 bits per heavy atom. The molecule has 1 aromatic heterocycles. The summed E-state index contributed by atoms with van der Waals surface area (Å²) in [6, 6.07) is 5.45. The van der Waals surface area contributed by atoms with Crippen molar-refractivity contribution in [2.75, 3.05) is 19.6 Å². The Hall–Kier alpha value is -2.72. The fraction of sp³-hybridized carbons (Fsp3) is 0.733. The van der Waals surface area contributed by atoms with Crippen LogP contribution >= 0.6 is 0 Å². The van der Waals surface area contributed by atoms with Crippen molar-refractivity contribution in [1.82, 2.24) is 9.47 Å². The predicted octanol–water partition coefficient (Wildman–Crippen LogP) is 1.72. The molecule has 4 fully saturated rings. The van der Waals surface area contributed by atoms with Gasteiger partial charge in [-0.1, -0.05) is 19.9 Å². The van der Waals surface area contributed by atoms with Crippen molar-refractivity contribution in [2.45, 2.75) is 83.8 Å². The van der Waals surface area contributed by atoms with Crippen LogP contribution in [0.4, 0.5) is 0 Å². The number of fused-ring (bicyclic) bond motifs is 6. The average Bonchev–Trinajstić information content (AvgIpc) is 3.28. The third kappa shape index (κ3) is 4.38. The summed E-state index contributed by atoms with van der Waals surface area (Å²) in [6.07, 6.45) is -0.765. The zero-order chi connectivity index (χ0) is 28.5. The molecule has 1 N–H and O–H groups in total. The molecule has 218 valence electrons. The summed E-state index contributed by atoms with van der Waals surface area (Å²) in [5.41, 5.74) is 0.160.